The van der Waals surface area contributed by atoms with E-state index in [1.165, 1.54) is 18.2 Å². The molecule has 2 aromatic rings. The van der Waals surface area contributed by atoms with Gasteiger partial charge in [-0.05, 0) is 36.8 Å². The summed E-state index contributed by atoms with van der Waals surface area (Å²) < 4.78 is 35.5. The van der Waals surface area contributed by atoms with Gasteiger partial charge >= 0.3 is 10.1 Å². The number of aryl methyl sites for hydroxylation is 1. The third kappa shape index (κ3) is 5.84. The Labute approximate surface area is 155 Å². The molecule has 0 aromatic heterocycles. The van der Waals surface area contributed by atoms with Crippen LogP contribution in [0.4, 0.5) is 0 Å². The molecule has 2 aromatic carbocycles. The molecule has 0 fully saturated rings. The average Bonchev–Trinajstić information content (AvgIpc) is 2.50. The highest BCUT2D eigenvalue weighted by atomic mass is 35.5. The summed E-state index contributed by atoms with van der Waals surface area (Å²) in [5.41, 5.74) is 6.03. The lowest BCUT2D eigenvalue weighted by atomic mass is 10.2. The number of thioether (sulfide) groups is 1. The Hall–Kier alpha value is -1.90. The highest BCUT2D eigenvalue weighted by Gasteiger charge is 2.20. The first-order valence-electron chi connectivity index (χ1n) is 7.18. The molecule has 3 N–H and O–H groups in total. The van der Waals surface area contributed by atoms with E-state index >= 15 is 0 Å². The molecule has 6 nitrogen and oxygen atoms in total. The lowest BCUT2D eigenvalue weighted by molar-refractivity contribution is 0.342. The molecule has 9 heteroatoms. The maximum Gasteiger partial charge on any atom is 0.340 e. The molecular formula is C16H17ClN2O4S2. The smallest absolute Gasteiger partial charge is 0.340 e. The largest absolute Gasteiger partial charge is 0.493 e. The van der Waals surface area contributed by atoms with Gasteiger partial charge < -0.3 is 14.7 Å². The van der Waals surface area contributed by atoms with E-state index in [2.05, 4.69) is 0 Å². The van der Waals surface area contributed by atoms with E-state index in [1.54, 1.807) is 31.2 Å². The lowest BCUT2D eigenvalue weighted by Crippen LogP contribution is -2.11. The van der Waals surface area contributed by atoms with Crippen molar-refractivity contribution in [2.24, 2.45) is 5.73 Å². The SMILES string of the molecule is Cc1cc(OCCSC(=N)N)cc(OS(=O)(=O)c2ccccc2Cl)c1. The summed E-state index contributed by atoms with van der Waals surface area (Å²) in [7, 11) is -4.05. The standard InChI is InChI=1S/C16H17ClN2O4S2/c1-11-8-12(22-6-7-24-16(18)19)10-13(9-11)23-25(20,21)15-5-3-2-4-14(15)17/h2-5,8-10H,6-7H2,1H3,(H3,18,19). The van der Waals surface area contributed by atoms with Gasteiger partial charge in [-0.3, -0.25) is 5.41 Å². The van der Waals surface area contributed by atoms with E-state index in [9.17, 15) is 8.42 Å². The van der Waals surface area contributed by atoms with Crippen molar-refractivity contribution in [3.05, 3.63) is 53.1 Å². The molecule has 0 spiro atoms. The predicted molar refractivity (Wildman–Crippen MR) is 100 cm³/mol. The Morgan fingerprint density at radius 2 is 1.92 bits per heavy atom. The summed E-state index contributed by atoms with van der Waals surface area (Å²) in [4.78, 5) is -0.0986. The van der Waals surface area contributed by atoms with Crippen LogP contribution in [0.1, 0.15) is 5.56 Å². The van der Waals surface area contributed by atoms with E-state index in [1.807, 2.05) is 0 Å². The quantitative estimate of drug-likeness (QED) is 0.319. The second-order valence-corrected chi connectivity index (χ2v) is 8.07. The van der Waals surface area contributed by atoms with Crippen molar-refractivity contribution < 1.29 is 17.3 Å². The van der Waals surface area contributed by atoms with E-state index in [4.69, 9.17) is 31.7 Å². The molecule has 0 bridgehead atoms. The molecule has 0 amide bonds. The van der Waals surface area contributed by atoms with Gasteiger partial charge in [-0.1, -0.05) is 35.5 Å². The fourth-order valence-electron chi connectivity index (χ4n) is 1.98. The van der Waals surface area contributed by atoms with Crippen LogP contribution in [0.5, 0.6) is 11.5 Å². The van der Waals surface area contributed by atoms with Crippen molar-refractivity contribution in [1.29, 1.82) is 5.41 Å². The van der Waals surface area contributed by atoms with E-state index in [0.29, 0.717) is 18.1 Å². The van der Waals surface area contributed by atoms with Gasteiger partial charge in [-0.25, -0.2) is 0 Å². The number of nitrogens with one attached hydrogen (secondary N) is 1. The van der Waals surface area contributed by atoms with Crippen LogP contribution in [0.2, 0.25) is 5.02 Å². The highest BCUT2D eigenvalue weighted by molar-refractivity contribution is 8.13. The fourth-order valence-corrected chi connectivity index (χ4v) is 3.77. The van der Waals surface area contributed by atoms with Crippen LogP contribution in [0, 0.1) is 12.3 Å². The molecule has 25 heavy (non-hydrogen) atoms. The average molecular weight is 401 g/mol. The zero-order valence-corrected chi connectivity index (χ0v) is 15.7. The molecule has 0 radical (unpaired) electrons. The normalized spacial score (nSPS) is 11.1. The molecule has 2 rings (SSSR count). The molecule has 0 aliphatic heterocycles. The number of rotatable bonds is 7. The number of ether oxygens (including phenoxy) is 1. The summed E-state index contributed by atoms with van der Waals surface area (Å²) in [6.07, 6.45) is 0. The van der Waals surface area contributed by atoms with Gasteiger partial charge in [0.2, 0.25) is 0 Å². The molecule has 0 aliphatic rings. The Balaban J connectivity index is 2.14. The molecule has 134 valence electrons. The first kappa shape index (κ1) is 19.4. The monoisotopic (exact) mass is 400 g/mol. The van der Waals surface area contributed by atoms with Crippen molar-refractivity contribution in [3.8, 4) is 11.5 Å². The van der Waals surface area contributed by atoms with Crippen molar-refractivity contribution in [3.63, 3.8) is 0 Å². The molecule has 0 aliphatic carbocycles. The summed E-state index contributed by atoms with van der Waals surface area (Å²) in [5.74, 6) is 1.11. The Morgan fingerprint density at radius 3 is 2.60 bits per heavy atom. The summed E-state index contributed by atoms with van der Waals surface area (Å²) >= 11 is 7.10. The zero-order chi connectivity index (χ0) is 18.4. The number of amidine groups is 1. The highest BCUT2D eigenvalue weighted by Crippen LogP contribution is 2.28. The van der Waals surface area contributed by atoms with E-state index < -0.39 is 10.1 Å². The van der Waals surface area contributed by atoms with Crippen molar-refractivity contribution in [1.82, 2.24) is 0 Å². The number of halogens is 1. The second-order valence-electron chi connectivity index (χ2n) is 5.01. The van der Waals surface area contributed by atoms with E-state index in [0.717, 1.165) is 17.3 Å². The Morgan fingerprint density at radius 1 is 1.24 bits per heavy atom. The van der Waals surface area contributed by atoms with Crippen LogP contribution in [0.15, 0.2) is 47.4 Å². The van der Waals surface area contributed by atoms with Gasteiger partial charge in [0, 0.05) is 11.8 Å². The van der Waals surface area contributed by atoms with Crippen LogP contribution >= 0.6 is 23.4 Å². The van der Waals surface area contributed by atoms with Crippen LogP contribution in [0.25, 0.3) is 0 Å². The topological polar surface area (TPSA) is 102 Å². The molecule has 0 unspecified atom stereocenters. The first-order chi connectivity index (χ1) is 11.8. The number of hydrogen-bond acceptors (Lipinski definition) is 6. The fraction of sp³-hybridized carbons (Fsp3) is 0.188. The van der Waals surface area contributed by atoms with Gasteiger partial charge in [-0.2, -0.15) is 8.42 Å². The number of hydrogen-bond donors (Lipinski definition) is 2. The second kappa shape index (κ2) is 8.46. The summed E-state index contributed by atoms with van der Waals surface area (Å²) in [5, 5.41) is 7.24. The van der Waals surface area contributed by atoms with Gasteiger partial charge in [-0.15, -0.1) is 0 Å². The molecule has 0 saturated heterocycles. The van der Waals surface area contributed by atoms with E-state index in [-0.39, 0.29) is 20.8 Å². The van der Waals surface area contributed by atoms with Crippen LogP contribution in [-0.4, -0.2) is 25.9 Å². The van der Waals surface area contributed by atoms with Crippen LogP contribution < -0.4 is 14.7 Å². The van der Waals surface area contributed by atoms with Gasteiger partial charge in [0.15, 0.2) is 5.17 Å². The number of nitrogens with two attached hydrogens (primary N) is 1. The molecule has 0 saturated carbocycles. The molecule has 0 heterocycles. The Bertz CT molecular complexity index is 872. The van der Waals surface area contributed by atoms with Gasteiger partial charge in [0.1, 0.15) is 16.4 Å². The minimum atomic E-state index is -4.05. The molecule has 0 atom stereocenters. The predicted octanol–water partition coefficient (Wildman–Crippen LogP) is 3.42. The minimum Gasteiger partial charge on any atom is -0.493 e. The maximum absolute atomic E-state index is 12.4. The third-order valence-electron chi connectivity index (χ3n) is 2.95. The van der Waals surface area contributed by atoms with Crippen molar-refractivity contribution in [2.75, 3.05) is 12.4 Å². The van der Waals surface area contributed by atoms with Gasteiger partial charge in [0.25, 0.3) is 0 Å². The van der Waals surface area contributed by atoms with Crippen LogP contribution in [0.3, 0.4) is 0 Å². The van der Waals surface area contributed by atoms with Crippen LogP contribution in [-0.2, 0) is 10.1 Å². The van der Waals surface area contributed by atoms with Crippen molar-refractivity contribution in [2.45, 2.75) is 11.8 Å². The minimum absolute atomic E-state index is 0.0164. The zero-order valence-electron chi connectivity index (χ0n) is 13.4. The maximum atomic E-state index is 12.4. The lowest BCUT2D eigenvalue weighted by Gasteiger charge is -2.11. The van der Waals surface area contributed by atoms with Gasteiger partial charge in [0.05, 0.1) is 11.6 Å². The summed E-state index contributed by atoms with van der Waals surface area (Å²) in [6.45, 7) is 2.12. The third-order valence-corrected chi connectivity index (χ3v) is 5.38. The Kier molecular flexibility index (Phi) is 6.57. The summed E-state index contributed by atoms with van der Waals surface area (Å²) in [6, 6.07) is 10.9. The molecular weight excluding hydrogens is 384 g/mol. The number of benzene rings is 2. The van der Waals surface area contributed by atoms with Crippen molar-refractivity contribution >= 4 is 38.6 Å². The first-order valence-corrected chi connectivity index (χ1v) is 9.95.